The molecule has 6 heteroatoms. The number of nitrogens with zero attached hydrogens (tertiary/aromatic N) is 2. The van der Waals surface area contributed by atoms with Crippen molar-refractivity contribution in [3.8, 4) is 6.07 Å². The molecular formula is C32H31N3O3. The molecule has 0 spiro atoms. The summed E-state index contributed by atoms with van der Waals surface area (Å²) in [7, 11) is 0. The van der Waals surface area contributed by atoms with Gasteiger partial charge in [-0.3, -0.25) is 19.3 Å². The van der Waals surface area contributed by atoms with Crippen LogP contribution >= 0.6 is 0 Å². The third kappa shape index (κ3) is 6.63. The third-order valence-electron chi connectivity index (χ3n) is 6.71. The molecule has 0 saturated heterocycles. The number of anilines is 1. The Morgan fingerprint density at radius 2 is 1.53 bits per heavy atom. The maximum Gasteiger partial charge on any atom is 0.247 e. The van der Waals surface area contributed by atoms with Gasteiger partial charge in [0.15, 0.2) is 5.78 Å². The number of hydrogen-bond acceptors (Lipinski definition) is 4. The molecule has 1 N–H and O–H groups in total. The number of benzene rings is 3. The normalized spacial score (nSPS) is 14.4. The van der Waals surface area contributed by atoms with Gasteiger partial charge in [-0.2, -0.15) is 5.26 Å². The molecule has 1 fully saturated rings. The maximum atomic E-state index is 13.8. The molecule has 2 amide bonds. The molecule has 0 heterocycles. The molecule has 1 aliphatic carbocycles. The fourth-order valence-corrected chi connectivity index (χ4v) is 4.80. The Morgan fingerprint density at radius 1 is 0.895 bits per heavy atom. The number of ketones is 1. The molecule has 3 aromatic carbocycles. The lowest BCUT2D eigenvalue weighted by atomic mass is 9.95. The van der Waals surface area contributed by atoms with Gasteiger partial charge in [0.1, 0.15) is 12.5 Å². The van der Waals surface area contributed by atoms with E-state index in [-0.39, 0.29) is 23.3 Å². The monoisotopic (exact) mass is 505 g/mol. The molecule has 3 aromatic rings. The Morgan fingerprint density at radius 3 is 2.21 bits per heavy atom. The molecule has 192 valence electrons. The molecule has 0 radical (unpaired) electrons. The van der Waals surface area contributed by atoms with Gasteiger partial charge in [0, 0.05) is 17.2 Å². The largest absolute Gasteiger partial charge is 0.351 e. The summed E-state index contributed by atoms with van der Waals surface area (Å²) in [6.45, 7) is 0. The van der Waals surface area contributed by atoms with Crippen LogP contribution in [0.5, 0.6) is 0 Å². The third-order valence-corrected chi connectivity index (χ3v) is 6.71. The van der Waals surface area contributed by atoms with Gasteiger partial charge in [-0.1, -0.05) is 104 Å². The predicted octanol–water partition coefficient (Wildman–Crippen LogP) is 5.70. The first-order chi connectivity index (χ1) is 18.6. The van der Waals surface area contributed by atoms with Crippen molar-refractivity contribution in [3.63, 3.8) is 0 Å². The highest BCUT2D eigenvalue weighted by atomic mass is 16.2. The van der Waals surface area contributed by atoms with Crippen molar-refractivity contribution in [1.29, 1.82) is 5.26 Å². The number of nitriles is 1. The van der Waals surface area contributed by atoms with Crippen molar-refractivity contribution < 1.29 is 14.4 Å². The van der Waals surface area contributed by atoms with Crippen LogP contribution in [0.3, 0.4) is 0 Å². The van der Waals surface area contributed by atoms with E-state index < -0.39 is 18.4 Å². The van der Waals surface area contributed by atoms with Crippen molar-refractivity contribution in [3.05, 3.63) is 108 Å². The van der Waals surface area contributed by atoms with Crippen LogP contribution in [-0.2, 0) is 9.59 Å². The molecule has 0 bridgehead atoms. The molecule has 0 aromatic heterocycles. The van der Waals surface area contributed by atoms with Gasteiger partial charge in [0.25, 0.3) is 0 Å². The van der Waals surface area contributed by atoms with Gasteiger partial charge in [0.2, 0.25) is 11.8 Å². The van der Waals surface area contributed by atoms with Crippen molar-refractivity contribution in [2.75, 3.05) is 4.90 Å². The molecule has 38 heavy (non-hydrogen) atoms. The lowest BCUT2D eigenvalue weighted by Crippen LogP contribution is -2.52. The average molecular weight is 506 g/mol. The van der Waals surface area contributed by atoms with E-state index in [0.717, 1.165) is 37.7 Å². The van der Waals surface area contributed by atoms with E-state index >= 15 is 0 Å². The van der Waals surface area contributed by atoms with Crippen LogP contribution in [0.15, 0.2) is 91.0 Å². The first-order valence-electron chi connectivity index (χ1n) is 13.0. The standard InChI is InChI=1S/C32H31N3O3/c33-23-22-30(36)35(28-19-11-10-18-27(28)31(37)25-14-6-2-7-15-25)29(21-20-24-12-4-1-5-13-24)32(38)34-26-16-8-3-9-17-26/h1-2,4-7,10-15,18-21,26,29H,3,8-9,16-17,22H2,(H,34,38)/b21-20+. The second kappa shape index (κ2) is 13.2. The van der Waals surface area contributed by atoms with E-state index in [1.807, 2.05) is 42.5 Å². The molecule has 6 nitrogen and oxygen atoms in total. The minimum absolute atomic E-state index is 0.0259. The summed E-state index contributed by atoms with van der Waals surface area (Å²) in [5.74, 6) is -1.16. The predicted molar refractivity (Wildman–Crippen MR) is 148 cm³/mol. The Kier molecular flexibility index (Phi) is 9.20. The zero-order valence-corrected chi connectivity index (χ0v) is 21.3. The van der Waals surface area contributed by atoms with E-state index in [9.17, 15) is 19.6 Å². The van der Waals surface area contributed by atoms with E-state index in [1.165, 1.54) is 4.90 Å². The molecule has 1 aliphatic rings. The lowest BCUT2D eigenvalue weighted by molar-refractivity contribution is -0.125. The van der Waals surface area contributed by atoms with Gasteiger partial charge in [0.05, 0.1) is 11.8 Å². The first-order valence-corrected chi connectivity index (χ1v) is 13.0. The van der Waals surface area contributed by atoms with Gasteiger partial charge in [-0.05, 0) is 30.5 Å². The summed E-state index contributed by atoms with van der Waals surface area (Å²) in [5.41, 5.74) is 1.91. The topological polar surface area (TPSA) is 90.3 Å². The van der Waals surface area contributed by atoms with Crippen LogP contribution in [-0.4, -0.2) is 29.7 Å². The average Bonchev–Trinajstić information content (AvgIpc) is 2.96. The summed E-state index contributed by atoms with van der Waals surface area (Å²) >= 11 is 0. The highest BCUT2D eigenvalue weighted by Gasteiger charge is 2.33. The van der Waals surface area contributed by atoms with E-state index in [4.69, 9.17) is 0 Å². The van der Waals surface area contributed by atoms with E-state index in [0.29, 0.717) is 11.3 Å². The van der Waals surface area contributed by atoms with Crippen LogP contribution < -0.4 is 10.2 Å². The number of amides is 2. The van der Waals surface area contributed by atoms with Crippen LogP contribution in [0.2, 0.25) is 0 Å². The van der Waals surface area contributed by atoms with Crippen molar-refractivity contribution in [1.82, 2.24) is 5.32 Å². The number of para-hydroxylation sites is 1. The minimum Gasteiger partial charge on any atom is -0.351 e. The molecule has 4 rings (SSSR count). The SMILES string of the molecule is N#CCC(=O)N(c1ccccc1C(=O)c1ccccc1)C(/C=C/c1ccccc1)C(=O)NC1CCCCC1. The molecular weight excluding hydrogens is 474 g/mol. The fraction of sp³-hybridized carbons (Fsp3) is 0.250. The summed E-state index contributed by atoms with van der Waals surface area (Å²) in [6.07, 6.45) is 8.03. The number of rotatable bonds is 9. The minimum atomic E-state index is -1.05. The van der Waals surface area contributed by atoms with Gasteiger partial charge >= 0.3 is 0 Å². The second-order valence-corrected chi connectivity index (χ2v) is 9.37. The zero-order chi connectivity index (χ0) is 26.7. The molecule has 1 saturated carbocycles. The summed E-state index contributed by atoms with van der Waals surface area (Å²) in [6, 6.07) is 25.9. The smallest absolute Gasteiger partial charge is 0.247 e. The second-order valence-electron chi connectivity index (χ2n) is 9.37. The number of carbonyl (C=O) groups excluding carboxylic acids is 3. The maximum absolute atomic E-state index is 13.8. The van der Waals surface area contributed by atoms with Crippen LogP contribution in [0, 0.1) is 11.3 Å². The molecule has 1 unspecified atom stereocenters. The number of carbonyl (C=O) groups is 3. The van der Waals surface area contributed by atoms with E-state index in [2.05, 4.69) is 5.32 Å². The highest BCUT2D eigenvalue weighted by Crippen LogP contribution is 2.28. The van der Waals surface area contributed by atoms with Gasteiger partial charge in [-0.15, -0.1) is 0 Å². The zero-order valence-electron chi connectivity index (χ0n) is 21.3. The van der Waals surface area contributed by atoms with Crippen LogP contribution in [0.4, 0.5) is 5.69 Å². The molecule has 0 aliphatic heterocycles. The van der Waals surface area contributed by atoms with Crippen molar-refractivity contribution in [2.45, 2.75) is 50.6 Å². The number of hydrogen-bond donors (Lipinski definition) is 1. The lowest BCUT2D eigenvalue weighted by Gasteiger charge is -2.32. The Labute approximate surface area is 223 Å². The van der Waals surface area contributed by atoms with Gasteiger partial charge in [-0.25, -0.2) is 0 Å². The van der Waals surface area contributed by atoms with Crippen LogP contribution in [0.25, 0.3) is 6.08 Å². The summed E-state index contributed by atoms with van der Waals surface area (Å²) < 4.78 is 0. The number of nitrogens with one attached hydrogen (secondary N) is 1. The Hall–Kier alpha value is -4.50. The van der Waals surface area contributed by atoms with Crippen molar-refractivity contribution >= 4 is 29.4 Å². The van der Waals surface area contributed by atoms with E-state index in [1.54, 1.807) is 60.7 Å². The Bertz CT molecular complexity index is 1320. The Balaban J connectivity index is 1.79. The van der Waals surface area contributed by atoms with Gasteiger partial charge < -0.3 is 5.32 Å². The quantitative estimate of drug-likeness (QED) is 0.378. The molecule has 1 atom stereocenters. The summed E-state index contributed by atoms with van der Waals surface area (Å²) in [4.78, 5) is 42.1. The van der Waals surface area contributed by atoms with Crippen LogP contribution in [0.1, 0.15) is 60.0 Å². The van der Waals surface area contributed by atoms with Crippen molar-refractivity contribution in [2.24, 2.45) is 0 Å². The first kappa shape index (κ1) is 26.6. The fourth-order valence-electron chi connectivity index (χ4n) is 4.80. The summed E-state index contributed by atoms with van der Waals surface area (Å²) in [5, 5.41) is 12.5. The highest BCUT2D eigenvalue weighted by molar-refractivity contribution is 6.15.